The highest BCUT2D eigenvalue weighted by Gasteiger charge is 2.48. The van der Waals surface area contributed by atoms with Crippen molar-refractivity contribution < 1.29 is 23.8 Å². The third-order valence-corrected chi connectivity index (χ3v) is 5.11. The molecular formula is C25H20N2O5. The molecule has 160 valence electrons. The molecule has 0 aliphatic carbocycles. The van der Waals surface area contributed by atoms with Crippen molar-refractivity contribution in [1.82, 2.24) is 0 Å². The van der Waals surface area contributed by atoms with Gasteiger partial charge in [-0.05, 0) is 55.0 Å². The van der Waals surface area contributed by atoms with Crippen LogP contribution in [0.1, 0.15) is 36.3 Å². The van der Waals surface area contributed by atoms with Crippen LogP contribution in [0.3, 0.4) is 0 Å². The first-order valence-corrected chi connectivity index (χ1v) is 10.1. The van der Waals surface area contributed by atoms with Crippen LogP contribution in [0.2, 0.25) is 0 Å². The summed E-state index contributed by atoms with van der Waals surface area (Å²) in [6.45, 7) is 2.50. The Kier molecular flexibility index (Phi) is 5.77. The Morgan fingerprint density at radius 3 is 2.59 bits per heavy atom. The lowest BCUT2D eigenvalue weighted by atomic mass is 9.99. The van der Waals surface area contributed by atoms with Gasteiger partial charge < -0.3 is 14.3 Å². The number of benzene rings is 2. The number of hydrogen-bond donors (Lipinski definition) is 1. The van der Waals surface area contributed by atoms with Gasteiger partial charge in [0.05, 0.1) is 30.1 Å². The molecule has 1 aliphatic heterocycles. The highest BCUT2D eigenvalue weighted by Crippen LogP contribution is 2.42. The molecule has 2 heterocycles. The number of furan rings is 1. The van der Waals surface area contributed by atoms with Gasteiger partial charge in [0.1, 0.15) is 23.3 Å². The summed E-state index contributed by atoms with van der Waals surface area (Å²) in [7, 11) is 0. The second-order valence-electron chi connectivity index (χ2n) is 7.22. The zero-order valence-electron chi connectivity index (χ0n) is 17.3. The molecule has 1 saturated heterocycles. The molecule has 1 aliphatic rings. The largest absolute Gasteiger partial charge is 0.507 e. The number of aliphatic hydroxyl groups excluding tert-OH is 1. The standard InChI is InChI=1S/C25H20N2O5/c1-2-12-31-19-6-3-5-17(14-19)23(28)21-22(20-7-4-13-32-20)27(25(30)24(21)29)18-10-8-16(15-26)9-11-18/h3-11,13-14,22,28H,2,12H2,1H3/b23-21-. The lowest BCUT2D eigenvalue weighted by molar-refractivity contribution is -0.132. The van der Waals surface area contributed by atoms with Crippen LogP contribution in [0.4, 0.5) is 5.69 Å². The van der Waals surface area contributed by atoms with Gasteiger partial charge in [0.15, 0.2) is 0 Å². The minimum atomic E-state index is -0.960. The molecule has 32 heavy (non-hydrogen) atoms. The van der Waals surface area contributed by atoms with Gasteiger partial charge in [-0.1, -0.05) is 19.1 Å². The molecule has 0 bridgehead atoms. The number of rotatable bonds is 6. The monoisotopic (exact) mass is 428 g/mol. The van der Waals surface area contributed by atoms with E-state index in [1.165, 1.54) is 11.2 Å². The van der Waals surface area contributed by atoms with Crippen molar-refractivity contribution in [3.8, 4) is 11.8 Å². The smallest absolute Gasteiger partial charge is 0.300 e. The van der Waals surface area contributed by atoms with Crippen LogP contribution >= 0.6 is 0 Å². The number of aliphatic hydroxyl groups is 1. The molecule has 3 aromatic rings. The van der Waals surface area contributed by atoms with Gasteiger partial charge in [0.25, 0.3) is 11.7 Å². The van der Waals surface area contributed by atoms with E-state index in [2.05, 4.69) is 0 Å². The van der Waals surface area contributed by atoms with E-state index >= 15 is 0 Å². The van der Waals surface area contributed by atoms with Crippen LogP contribution in [0.25, 0.3) is 5.76 Å². The first kappa shape index (κ1) is 20.9. The maximum atomic E-state index is 13.1. The second-order valence-corrected chi connectivity index (χ2v) is 7.22. The summed E-state index contributed by atoms with van der Waals surface area (Å²) < 4.78 is 11.2. The highest BCUT2D eigenvalue weighted by molar-refractivity contribution is 6.51. The van der Waals surface area contributed by atoms with Gasteiger partial charge in [0.2, 0.25) is 0 Å². The minimum Gasteiger partial charge on any atom is -0.507 e. The van der Waals surface area contributed by atoms with E-state index in [-0.39, 0.29) is 11.3 Å². The molecule has 0 spiro atoms. The number of anilines is 1. The van der Waals surface area contributed by atoms with Crippen molar-refractivity contribution in [3.05, 3.63) is 89.4 Å². The molecule has 7 heteroatoms. The molecule has 1 aromatic heterocycles. The maximum absolute atomic E-state index is 13.1. The third kappa shape index (κ3) is 3.74. The zero-order chi connectivity index (χ0) is 22.7. The number of amides is 1. The predicted octanol–water partition coefficient (Wildman–Crippen LogP) is 4.57. The fourth-order valence-corrected chi connectivity index (χ4v) is 3.62. The number of carbonyl (C=O) groups is 2. The molecule has 1 atom stereocenters. The Hall–Kier alpha value is -4.31. The first-order valence-electron chi connectivity index (χ1n) is 10.1. The number of nitriles is 1. The lowest BCUT2D eigenvalue weighted by Crippen LogP contribution is -2.29. The average molecular weight is 428 g/mol. The Balaban J connectivity index is 1.84. The average Bonchev–Trinajstić information content (AvgIpc) is 3.44. The van der Waals surface area contributed by atoms with Crippen molar-refractivity contribution in [2.75, 3.05) is 11.5 Å². The molecule has 0 saturated carbocycles. The van der Waals surface area contributed by atoms with E-state index in [1.807, 2.05) is 13.0 Å². The van der Waals surface area contributed by atoms with E-state index in [1.54, 1.807) is 60.7 Å². The predicted molar refractivity (Wildman–Crippen MR) is 117 cm³/mol. The Morgan fingerprint density at radius 2 is 1.94 bits per heavy atom. The van der Waals surface area contributed by atoms with Gasteiger partial charge in [-0.2, -0.15) is 5.26 Å². The summed E-state index contributed by atoms with van der Waals surface area (Å²) in [6.07, 6.45) is 2.26. The summed E-state index contributed by atoms with van der Waals surface area (Å²) in [5.41, 5.74) is 1.10. The highest BCUT2D eigenvalue weighted by atomic mass is 16.5. The lowest BCUT2D eigenvalue weighted by Gasteiger charge is -2.23. The molecule has 0 radical (unpaired) electrons. The van der Waals surface area contributed by atoms with Crippen LogP contribution in [-0.4, -0.2) is 23.4 Å². The van der Waals surface area contributed by atoms with Gasteiger partial charge in [-0.15, -0.1) is 0 Å². The van der Waals surface area contributed by atoms with Crippen LogP contribution < -0.4 is 9.64 Å². The number of ether oxygens (including phenoxy) is 1. The second kappa shape index (κ2) is 8.82. The molecule has 4 rings (SSSR count). The van der Waals surface area contributed by atoms with Gasteiger partial charge >= 0.3 is 0 Å². The van der Waals surface area contributed by atoms with Gasteiger partial charge in [-0.25, -0.2) is 0 Å². The van der Waals surface area contributed by atoms with E-state index < -0.39 is 17.7 Å². The van der Waals surface area contributed by atoms with E-state index in [0.717, 1.165) is 6.42 Å². The molecule has 2 aromatic carbocycles. The summed E-state index contributed by atoms with van der Waals surface area (Å²) in [6, 6.07) is 17.4. The topological polar surface area (TPSA) is 104 Å². The SMILES string of the molecule is CCCOc1cccc(/C(O)=C2/C(=O)C(=O)N(c3ccc(C#N)cc3)C2c2ccco2)c1. The zero-order valence-corrected chi connectivity index (χ0v) is 17.3. The van der Waals surface area contributed by atoms with Gasteiger partial charge in [0, 0.05) is 11.3 Å². The molecule has 1 N–H and O–H groups in total. The van der Waals surface area contributed by atoms with Crippen molar-refractivity contribution >= 4 is 23.1 Å². The summed E-state index contributed by atoms with van der Waals surface area (Å²) in [4.78, 5) is 27.3. The number of carbonyl (C=O) groups excluding carboxylic acids is 2. The molecular weight excluding hydrogens is 408 g/mol. The van der Waals surface area contributed by atoms with Gasteiger partial charge in [-0.3, -0.25) is 14.5 Å². The minimum absolute atomic E-state index is 0.0815. The van der Waals surface area contributed by atoms with E-state index in [9.17, 15) is 14.7 Å². The van der Waals surface area contributed by atoms with Crippen LogP contribution in [0.15, 0.2) is 76.9 Å². The van der Waals surface area contributed by atoms with Crippen molar-refractivity contribution in [1.29, 1.82) is 5.26 Å². The van der Waals surface area contributed by atoms with Crippen LogP contribution in [0, 0.1) is 11.3 Å². The number of ketones is 1. The molecule has 1 unspecified atom stereocenters. The summed E-state index contributed by atoms with van der Waals surface area (Å²) in [5, 5.41) is 20.2. The quantitative estimate of drug-likeness (QED) is 0.350. The Morgan fingerprint density at radius 1 is 1.16 bits per heavy atom. The van der Waals surface area contributed by atoms with E-state index in [4.69, 9.17) is 14.4 Å². The number of hydrogen-bond acceptors (Lipinski definition) is 6. The fourth-order valence-electron chi connectivity index (χ4n) is 3.62. The third-order valence-electron chi connectivity index (χ3n) is 5.11. The van der Waals surface area contributed by atoms with Crippen LogP contribution in [0.5, 0.6) is 5.75 Å². The number of Topliss-reactive ketones (excluding diaryl/α,β-unsaturated/α-hetero) is 1. The van der Waals surface area contributed by atoms with Crippen LogP contribution in [-0.2, 0) is 9.59 Å². The number of nitrogens with zero attached hydrogens (tertiary/aromatic N) is 2. The molecule has 7 nitrogen and oxygen atoms in total. The van der Waals surface area contributed by atoms with E-state index in [0.29, 0.717) is 34.9 Å². The first-order chi connectivity index (χ1) is 15.5. The molecule has 1 amide bonds. The summed E-state index contributed by atoms with van der Waals surface area (Å²) in [5.74, 6) is -1.06. The fraction of sp³-hybridized carbons (Fsp3) is 0.160. The van der Waals surface area contributed by atoms with Crippen molar-refractivity contribution in [3.63, 3.8) is 0 Å². The maximum Gasteiger partial charge on any atom is 0.300 e. The Labute approximate surface area is 184 Å². The Bertz CT molecular complexity index is 1220. The van der Waals surface area contributed by atoms with Crippen molar-refractivity contribution in [2.45, 2.75) is 19.4 Å². The molecule has 1 fully saturated rings. The summed E-state index contributed by atoms with van der Waals surface area (Å²) >= 11 is 0. The normalized spacial score (nSPS) is 17.4. The van der Waals surface area contributed by atoms with Crippen molar-refractivity contribution in [2.24, 2.45) is 0 Å².